The highest BCUT2D eigenvalue weighted by Gasteiger charge is 2.21. The zero-order chi connectivity index (χ0) is 42.3. The number of aromatic nitrogens is 6. The van der Waals surface area contributed by atoms with Crippen LogP contribution < -0.4 is 25.8 Å². The smallest absolute Gasteiger partial charge is 0.341 e. The number of carbonyl (C=O) groups is 4. The van der Waals surface area contributed by atoms with Crippen LogP contribution in [0.3, 0.4) is 0 Å². The van der Waals surface area contributed by atoms with E-state index >= 15 is 0 Å². The summed E-state index contributed by atoms with van der Waals surface area (Å²) in [5, 5.41) is 21.2. The van der Waals surface area contributed by atoms with Gasteiger partial charge >= 0.3 is 5.97 Å². The number of amides is 3. The molecule has 0 aliphatic rings. The molecule has 0 saturated heterocycles. The lowest BCUT2D eigenvalue weighted by Gasteiger charge is -2.08. The van der Waals surface area contributed by atoms with Crippen molar-refractivity contribution < 1.29 is 51.3 Å². The molecule has 58 heavy (non-hydrogen) atoms. The van der Waals surface area contributed by atoms with Gasteiger partial charge in [-0.1, -0.05) is 12.1 Å². The van der Waals surface area contributed by atoms with Crippen molar-refractivity contribution in [3.63, 3.8) is 0 Å². The number of pyridine rings is 2. The highest BCUT2D eigenvalue weighted by molar-refractivity contribution is 6.04. The van der Waals surface area contributed by atoms with Gasteiger partial charge in [-0.05, 0) is 61.4 Å². The van der Waals surface area contributed by atoms with Crippen LogP contribution in [-0.2, 0) is 23.7 Å². The lowest BCUT2D eigenvalue weighted by atomic mass is 10.1. The topological polar surface area (TPSA) is 218 Å². The van der Waals surface area contributed by atoms with E-state index in [-0.39, 0.29) is 29.8 Å². The summed E-state index contributed by atoms with van der Waals surface area (Å²) in [5.41, 5.74) is 7.67. The molecule has 0 atom stereocenters. The van der Waals surface area contributed by atoms with Crippen molar-refractivity contribution in [2.45, 2.75) is 13.8 Å². The number of aryl methyl sites for hydroxylation is 4. The summed E-state index contributed by atoms with van der Waals surface area (Å²) in [6, 6.07) is 12.6. The standard InChI is InChI=1S/C19H17F2N5O3.C19H16F2N4O4/c1-10-6-17(29-9-16(22)27)23-8-11(10)15-7-14(25-26(15)2)19(28)24-18-12(20)4-3-5-13(18)21;1-10-6-16(29-9-17(26)27)22-8-11(10)15-7-14(24-25(15)2)19(28)23-18-12(20)4-3-5-13(18)21/h3-8H,9H2,1-2H3,(H2,22,27)(H,24,28);3-8H,9H2,1-2H3,(H,23,28)(H,26,27). The molecule has 0 aliphatic carbocycles. The first-order valence-electron chi connectivity index (χ1n) is 16.8. The van der Waals surface area contributed by atoms with Crippen molar-refractivity contribution in [1.29, 1.82) is 0 Å². The normalized spacial score (nSPS) is 10.6. The first-order chi connectivity index (χ1) is 27.5. The molecule has 5 N–H and O–H groups in total. The van der Waals surface area contributed by atoms with E-state index in [2.05, 4.69) is 30.8 Å². The summed E-state index contributed by atoms with van der Waals surface area (Å²) in [5.74, 6) is -6.49. The molecule has 0 unspecified atom stereocenters. The number of nitrogens with one attached hydrogen (secondary N) is 2. The first kappa shape index (κ1) is 41.5. The quantitative estimate of drug-likeness (QED) is 0.121. The van der Waals surface area contributed by atoms with Crippen molar-refractivity contribution in [2.75, 3.05) is 23.8 Å². The monoisotopic (exact) mass is 803 g/mol. The molecule has 0 radical (unpaired) electrons. The Bertz CT molecular complexity index is 2330. The Morgan fingerprint density at radius 3 is 1.40 bits per heavy atom. The summed E-state index contributed by atoms with van der Waals surface area (Å²) in [4.78, 5) is 54.3. The van der Waals surface area contributed by atoms with Gasteiger partial charge in [0.1, 0.15) is 34.6 Å². The van der Waals surface area contributed by atoms with Gasteiger partial charge in [0.15, 0.2) is 24.6 Å². The summed E-state index contributed by atoms with van der Waals surface area (Å²) in [7, 11) is 3.22. The van der Waals surface area contributed by atoms with Gasteiger partial charge in [0.05, 0.1) is 11.4 Å². The number of carbonyl (C=O) groups excluding carboxylic acids is 3. The Morgan fingerprint density at radius 1 is 0.672 bits per heavy atom. The molecule has 20 heteroatoms. The molecular formula is C38H33F4N9O7. The lowest BCUT2D eigenvalue weighted by Crippen LogP contribution is -2.20. The molecule has 16 nitrogen and oxygen atoms in total. The van der Waals surface area contributed by atoms with Gasteiger partial charge < -0.3 is 30.9 Å². The number of nitrogens with two attached hydrogens (primary N) is 1. The number of carboxylic acid groups (broad SMARTS) is 1. The Hall–Kier alpha value is -7.64. The van der Waals surface area contributed by atoms with E-state index in [9.17, 15) is 36.7 Å². The number of carboxylic acids is 1. The lowest BCUT2D eigenvalue weighted by molar-refractivity contribution is -0.139. The molecule has 0 bridgehead atoms. The summed E-state index contributed by atoms with van der Waals surface area (Å²) in [6.45, 7) is 2.73. The Morgan fingerprint density at radius 2 is 1.05 bits per heavy atom. The van der Waals surface area contributed by atoms with Gasteiger partial charge in [-0.3, -0.25) is 23.7 Å². The third kappa shape index (κ3) is 9.96. The molecule has 4 heterocycles. The van der Waals surface area contributed by atoms with E-state index in [1.807, 2.05) is 0 Å². The first-order valence-corrected chi connectivity index (χ1v) is 16.8. The molecule has 0 fully saturated rings. The molecule has 4 aromatic heterocycles. The van der Waals surface area contributed by atoms with E-state index in [0.29, 0.717) is 28.1 Å². The van der Waals surface area contributed by atoms with Crippen molar-refractivity contribution in [2.24, 2.45) is 19.8 Å². The molecule has 6 aromatic rings. The van der Waals surface area contributed by atoms with Gasteiger partial charge in [-0.2, -0.15) is 10.2 Å². The van der Waals surface area contributed by atoms with Crippen LogP contribution in [0.15, 0.2) is 73.1 Å². The number of halogens is 4. The van der Waals surface area contributed by atoms with Crippen molar-refractivity contribution in [1.82, 2.24) is 29.5 Å². The minimum atomic E-state index is -1.12. The van der Waals surface area contributed by atoms with Gasteiger partial charge in [-0.15, -0.1) is 0 Å². The fourth-order valence-electron chi connectivity index (χ4n) is 5.29. The maximum atomic E-state index is 13.8. The fourth-order valence-corrected chi connectivity index (χ4v) is 5.29. The van der Waals surface area contributed by atoms with Crippen LogP contribution in [0.4, 0.5) is 28.9 Å². The predicted octanol–water partition coefficient (Wildman–Crippen LogP) is 4.97. The largest absolute Gasteiger partial charge is 0.479 e. The van der Waals surface area contributed by atoms with Gasteiger partial charge in [0.25, 0.3) is 17.7 Å². The summed E-state index contributed by atoms with van der Waals surface area (Å²) < 4.78 is 68.0. The predicted molar refractivity (Wildman–Crippen MR) is 199 cm³/mol. The average molecular weight is 804 g/mol. The van der Waals surface area contributed by atoms with Crippen molar-refractivity contribution >= 4 is 35.1 Å². The Kier molecular flexibility index (Phi) is 12.8. The maximum absolute atomic E-state index is 13.8. The van der Waals surface area contributed by atoms with Crippen LogP contribution >= 0.6 is 0 Å². The molecule has 0 saturated carbocycles. The second kappa shape index (κ2) is 17.9. The van der Waals surface area contributed by atoms with Crippen molar-refractivity contribution in [3.05, 3.63) is 119 Å². The fraction of sp³-hybridized carbons (Fsp3) is 0.158. The van der Waals surface area contributed by atoms with E-state index < -0.39 is 64.9 Å². The minimum Gasteiger partial charge on any atom is -0.479 e. The van der Waals surface area contributed by atoms with Crippen LogP contribution in [0.5, 0.6) is 11.8 Å². The number of primary amides is 1. The highest BCUT2D eigenvalue weighted by Crippen LogP contribution is 2.28. The van der Waals surface area contributed by atoms with Gasteiger partial charge in [0.2, 0.25) is 11.8 Å². The average Bonchev–Trinajstić information content (AvgIpc) is 3.75. The number of nitrogens with zero attached hydrogens (tertiary/aromatic N) is 6. The van der Waals surface area contributed by atoms with Gasteiger partial charge in [-0.25, -0.2) is 32.3 Å². The second-order valence-corrected chi connectivity index (χ2v) is 12.3. The number of hydrogen-bond donors (Lipinski definition) is 4. The molecule has 0 spiro atoms. The maximum Gasteiger partial charge on any atom is 0.341 e. The number of para-hydroxylation sites is 2. The summed E-state index contributed by atoms with van der Waals surface area (Å²) in [6.07, 6.45) is 2.96. The third-order valence-corrected chi connectivity index (χ3v) is 8.06. The Labute approximate surface area is 326 Å². The second-order valence-electron chi connectivity index (χ2n) is 12.3. The molecule has 300 valence electrons. The molecule has 0 aliphatic heterocycles. The van der Waals surface area contributed by atoms with E-state index in [1.54, 1.807) is 40.1 Å². The zero-order valence-corrected chi connectivity index (χ0v) is 31.0. The molecule has 6 rings (SSSR count). The minimum absolute atomic E-state index is 0.0291. The van der Waals surface area contributed by atoms with Crippen LogP contribution in [0, 0.1) is 37.1 Å². The zero-order valence-electron chi connectivity index (χ0n) is 31.0. The number of rotatable bonds is 12. The van der Waals surface area contributed by atoms with Crippen molar-refractivity contribution in [3.8, 4) is 34.3 Å². The third-order valence-electron chi connectivity index (χ3n) is 8.06. The molecule has 2 aromatic carbocycles. The molecular weight excluding hydrogens is 770 g/mol. The van der Waals surface area contributed by atoms with E-state index in [0.717, 1.165) is 29.8 Å². The highest BCUT2D eigenvalue weighted by atomic mass is 19.1. The van der Waals surface area contributed by atoms with E-state index in [1.165, 1.54) is 46.0 Å². The van der Waals surface area contributed by atoms with Crippen LogP contribution in [0.1, 0.15) is 32.1 Å². The number of aliphatic carboxylic acids is 1. The van der Waals surface area contributed by atoms with Crippen LogP contribution in [0.25, 0.3) is 22.5 Å². The van der Waals surface area contributed by atoms with Gasteiger partial charge in [0, 0.05) is 49.7 Å². The van der Waals surface area contributed by atoms with E-state index in [4.69, 9.17) is 20.3 Å². The van der Waals surface area contributed by atoms with Crippen LogP contribution in [-0.4, -0.2) is 71.5 Å². The molecule has 3 amide bonds. The van der Waals surface area contributed by atoms with Crippen LogP contribution in [0.2, 0.25) is 0 Å². The number of ether oxygens (including phenoxy) is 2. The summed E-state index contributed by atoms with van der Waals surface area (Å²) >= 11 is 0. The number of benzene rings is 2. The SMILES string of the molecule is Cc1cc(OCC(=O)O)ncc1-c1cc(C(=O)Nc2c(F)cccc2F)nn1C.Cc1cc(OCC(N)=O)ncc1-c1cc(C(=O)Nc2c(F)cccc2F)nn1C. The number of anilines is 2. The number of hydrogen-bond acceptors (Lipinski definition) is 10. The Balaban J connectivity index is 0.000000221.